The van der Waals surface area contributed by atoms with Crippen molar-refractivity contribution in [1.29, 1.82) is 0 Å². The molecule has 1 aliphatic rings. The van der Waals surface area contributed by atoms with E-state index in [2.05, 4.69) is 14.9 Å². The first kappa shape index (κ1) is 14.1. The minimum atomic E-state index is 0.119. The summed E-state index contributed by atoms with van der Waals surface area (Å²) in [6, 6.07) is 2.42. The molecule has 1 fully saturated rings. The molecule has 0 atom stereocenters. The Morgan fingerprint density at radius 3 is 2.68 bits per heavy atom. The number of rotatable bonds is 6. The van der Waals surface area contributed by atoms with Gasteiger partial charge in [-0.25, -0.2) is 4.98 Å². The molecule has 5 heteroatoms. The second-order valence-corrected chi connectivity index (χ2v) is 5.38. The van der Waals surface area contributed by atoms with E-state index in [1.807, 2.05) is 26.8 Å². The standard InChI is InChI=1S/C14H24N4O/c1-10(2)19-13-9-11(3)16-14(17-13)18(8-7-15)12-5-4-6-12/h9-10,12H,4-8,15H2,1-3H3. The minimum Gasteiger partial charge on any atom is -0.475 e. The van der Waals surface area contributed by atoms with Crippen LogP contribution in [0.2, 0.25) is 0 Å². The van der Waals surface area contributed by atoms with Crippen molar-refractivity contribution >= 4 is 5.95 Å². The molecule has 1 aromatic rings. The predicted molar refractivity (Wildman–Crippen MR) is 76.6 cm³/mol. The van der Waals surface area contributed by atoms with E-state index >= 15 is 0 Å². The third-order valence-corrected chi connectivity index (χ3v) is 3.32. The molecule has 5 nitrogen and oxygen atoms in total. The summed E-state index contributed by atoms with van der Waals surface area (Å²) in [5, 5.41) is 0. The summed E-state index contributed by atoms with van der Waals surface area (Å²) in [4.78, 5) is 11.3. The van der Waals surface area contributed by atoms with Gasteiger partial charge < -0.3 is 15.4 Å². The van der Waals surface area contributed by atoms with Gasteiger partial charge in [-0.3, -0.25) is 0 Å². The van der Waals surface area contributed by atoms with E-state index in [0.717, 1.165) is 18.2 Å². The van der Waals surface area contributed by atoms with Crippen LogP contribution in [0.25, 0.3) is 0 Å². The summed E-state index contributed by atoms with van der Waals surface area (Å²) >= 11 is 0. The largest absolute Gasteiger partial charge is 0.475 e. The molecular formula is C14H24N4O. The molecule has 19 heavy (non-hydrogen) atoms. The maximum absolute atomic E-state index is 5.71. The highest BCUT2D eigenvalue weighted by atomic mass is 16.5. The van der Waals surface area contributed by atoms with Gasteiger partial charge in [-0.15, -0.1) is 0 Å². The maximum Gasteiger partial charge on any atom is 0.229 e. The number of nitrogens with two attached hydrogens (primary N) is 1. The second kappa shape index (κ2) is 6.19. The summed E-state index contributed by atoms with van der Waals surface area (Å²) in [5.74, 6) is 1.41. The summed E-state index contributed by atoms with van der Waals surface area (Å²) in [6.45, 7) is 7.39. The molecule has 0 aromatic carbocycles. The van der Waals surface area contributed by atoms with Crippen LogP contribution in [0.5, 0.6) is 5.88 Å². The van der Waals surface area contributed by atoms with Gasteiger partial charge in [-0.2, -0.15) is 4.98 Å². The van der Waals surface area contributed by atoms with Crippen molar-refractivity contribution in [3.63, 3.8) is 0 Å². The zero-order valence-corrected chi connectivity index (χ0v) is 12.1. The lowest BCUT2D eigenvalue weighted by Gasteiger charge is -2.37. The molecule has 1 aliphatic carbocycles. The number of hydrogen-bond acceptors (Lipinski definition) is 5. The molecule has 0 bridgehead atoms. The smallest absolute Gasteiger partial charge is 0.229 e. The number of ether oxygens (including phenoxy) is 1. The highest BCUT2D eigenvalue weighted by molar-refractivity contribution is 5.36. The Morgan fingerprint density at radius 2 is 2.16 bits per heavy atom. The van der Waals surface area contributed by atoms with E-state index in [0.29, 0.717) is 18.5 Å². The van der Waals surface area contributed by atoms with Crippen LogP contribution in [0.4, 0.5) is 5.95 Å². The van der Waals surface area contributed by atoms with Gasteiger partial charge in [0.15, 0.2) is 0 Å². The van der Waals surface area contributed by atoms with Crippen LogP contribution in [0.1, 0.15) is 38.8 Å². The number of nitrogens with zero attached hydrogens (tertiary/aromatic N) is 3. The lowest BCUT2D eigenvalue weighted by Crippen LogP contribution is -2.44. The number of hydrogen-bond donors (Lipinski definition) is 1. The highest BCUT2D eigenvalue weighted by Crippen LogP contribution is 2.28. The molecule has 2 rings (SSSR count). The Bertz CT molecular complexity index is 418. The van der Waals surface area contributed by atoms with Gasteiger partial charge in [0.2, 0.25) is 11.8 Å². The molecular weight excluding hydrogens is 240 g/mol. The van der Waals surface area contributed by atoms with E-state index in [1.165, 1.54) is 19.3 Å². The Balaban J connectivity index is 2.22. The van der Waals surface area contributed by atoms with Crippen molar-refractivity contribution in [3.05, 3.63) is 11.8 Å². The third kappa shape index (κ3) is 3.56. The van der Waals surface area contributed by atoms with Gasteiger partial charge in [0.05, 0.1) is 6.10 Å². The molecule has 2 N–H and O–H groups in total. The molecule has 0 aliphatic heterocycles. The van der Waals surface area contributed by atoms with Gasteiger partial charge >= 0.3 is 0 Å². The van der Waals surface area contributed by atoms with E-state index in [-0.39, 0.29) is 6.10 Å². The second-order valence-electron chi connectivity index (χ2n) is 5.38. The lowest BCUT2D eigenvalue weighted by atomic mass is 9.91. The van der Waals surface area contributed by atoms with E-state index in [4.69, 9.17) is 10.5 Å². The van der Waals surface area contributed by atoms with Crippen molar-refractivity contribution in [3.8, 4) is 5.88 Å². The van der Waals surface area contributed by atoms with Gasteiger partial charge in [-0.05, 0) is 40.0 Å². The summed E-state index contributed by atoms with van der Waals surface area (Å²) in [7, 11) is 0. The monoisotopic (exact) mass is 264 g/mol. The number of aryl methyl sites for hydroxylation is 1. The summed E-state index contributed by atoms with van der Waals surface area (Å²) < 4.78 is 5.69. The Morgan fingerprint density at radius 1 is 1.42 bits per heavy atom. The van der Waals surface area contributed by atoms with E-state index in [1.54, 1.807) is 0 Å². The van der Waals surface area contributed by atoms with Crippen molar-refractivity contribution in [2.45, 2.75) is 52.2 Å². The quantitative estimate of drug-likeness (QED) is 0.850. The molecule has 106 valence electrons. The molecule has 0 radical (unpaired) electrons. The molecule has 1 saturated carbocycles. The third-order valence-electron chi connectivity index (χ3n) is 3.32. The first-order chi connectivity index (χ1) is 9.10. The zero-order chi connectivity index (χ0) is 13.8. The lowest BCUT2D eigenvalue weighted by molar-refractivity contribution is 0.232. The average Bonchev–Trinajstić information content (AvgIpc) is 2.24. The summed E-state index contributed by atoms with van der Waals surface area (Å²) in [6.07, 6.45) is 3.82. The topological polar surface area (TPSA) is 64.3 Å². The van der Waals surface area contributed by atoms with Crippen LogP contribution in [-0.2, 0) is 0 Å². The minimum absolute atomic E-state index is 0.119. The molecule has 1 heterocycles. The van der Waals surface area contributed by atoms with Crippen molar-refractivity contribution in [2.75, 3.05) is 18.0 Å². The fourth-order valence-corrected chi connectivity index (χ4v) is 2.24. The van der Waals surface area contributed by atoms with E-state index < -0.39 is 0 Å². The van der Waals surface area contributed by atoms with Crippen LogP contribution < -0.4 is 15.4 Å². The molecule has 0 unspecified atom stereocenters. The van der Waals surface area contributed by atoms with E-state index in [9.17, 15) is 0 Å². The zero-order valence-electron chi connectivity index (χ0n) is 12.1. The van der Waals surface area contributed by atoms with Crippen LogP contribution in [-0.4, -0.2) is 35.2 Å². The van der Waals surface area contributed by atoms with Crippen LogP contribution in [0.3, 0.4) is 0 Å². The summed E-state index contributed by atoms with van der Waals surface area (Å²) in [5.41, 5.74) is 6.64. The first-order valence-corrected chi connectivity index (χ1v) is 7.09. The Kier molecular flexibility index (Phi) is 4.58. The number of aromatic nitrogens is 2. The van der Waals surface area contributed by atoms with Crippen molar-refractivity contribution in [1.82, 2.24) is 9.97 Å². The fraction of sp³-hybridized carbons (Fsp3) is 0.714. The molecule has 0 spiro atoms. The fourth-order valence-electron chi connectivity index (χ4n) is 2.24. The van der Waals surface area contributed by atoms with Crippen molar-refractivity contribution in [2.24, 2.45) is 5.73 Å². The SMILES string of the molecule is Cc1cc(OC(C)C)nc(N(CCN)C2CCC2)n1. The van der Waals surface area contributed by atoms with Gasteiger partial charge in [0, 0.05) is 30.9 Å². The number of anilines is 1. The van der Waals surface area contributed by atoms with Gasteiger partial charge in [0.25, 0.3) is 0 Å². The highest BCUT2D eigenvalue weighted by Gasteiger charge is 2.26. The van der Waals surface area contributed by atoms with Crippen LogP contribution in [0, 0.1) is 6.92 Å². The first-order valence-electron chi connectivity index (χ1n) is 7.09. The average molecular weight is 264 g/mol. The van der Waals surface area contributed by atoms with Gasteiger partial charge in [0.1, 0.15) is 0 Å². The van der Waals surface area contributed by atoms with Crippen molar-refractivity contribution < 1.29 is 4.74 Å². The Labute approximate surface area is 115 Å². The Hall–Kier alpha value is -1.36. The van der Waals surface area contributed by atoms with Crippen LogP contribution >= 0.6 is 0 Å². The predicted octanol–water partition coefficient (Wildman–Crippen LogP) is 1.89. The molecule has 1 aromatic heterocycles. The normalized spacial score (nSPS) is 15.4. The molecule has 0 saturated heterocycles. The molecule has 0 amide bonds. The van der Waals surface area contributed by atoms with Crippen LogP contribution in [0.15, 0.2) is 6.07 Å². The van der Waals surface area contributed by atoms with Gasteiger partial charge in [-0.1, -0.05) is 0 Å². The maximum atomic E-state index is 5.71.